The molecule has 0 spiro atoms. The lowest BCUT2D eigenvalue weighted by atomic mass is 10.0. The topological polar surface area (TPSA) is 53.1 Å². The summed E-state index contributed by atoms with van der Waals surface area (Å²) in [7, 11) is 0. The van der Waals surface area contributed by atoms with E-state index in [-0.39, 0.29) is 6.42 Å². The van der Waals surface area contributed by atoms with Gasteiger partial charge in [0.05, 0.1) is 0 Å². The number of hydrogen-bond acceptors (Lipinski definition) is 1. The number of rotatable bonds is 4. The number of H-pyrrole nitrogens is 1. The van der Waals surface area contributed by atoms with Gasteiger partial charge in [-0.3, -0.25) is 4.79 Å². The van der Waals surface area contributed by atoms with Crippen molar-refractivity contribution < 1.29 is 9.90 Å². The highest BCUT2D eigenvalue weighted by atomic mass is 16.4. The zero-order chi connectivity index (χ0) is 13.2. The molecule has 0 amide bonds. The second kappa shape index (κ2) is 4.76. The largest absolute Gasteiger partial charge is 0.481 e. The van der Waals surface area contributed by atoms with E-state index in [0.29, 0.717) is 6.42 Å². The molecule has 0 fully saturated rings. The van der Waals surface area contributed by atoms with Gasteiger partial charge in [0.1, 0.15) is 0 Å². The second-order valence-electron chi connectivity index (χ2n) is 4.76. The molecule has 0 aliphatic rings. The molecule has 1 aromatic heterocycles. The van der Waals surface area contributed by atoms with Gasteiger partial charge < -0.3 is 10.1 Å². The average molecular weight is 253 g/mol. The van der Waals surface area contributed by atoms with Crippen LogP contribution in [0.15, 0.2) is 42.5 Å². The quantitative estimate of drug-likeness (QED) is 0.744. The lowest BCUT2D eigenvalue weighted by Crippen LogP contribution is -1.96. The number of benzene rings is 2. The van der Waals surface area contributed by atoms with Crippen molar-refractivity contribution in [1.29, 1.82) is 0 Å². The third-order valence-corrected chi connectivity index (χ3v) is 3.46. The molecule has 0 atom stereocenters. The first-order valence-electron chi connectivity index (χ1n) is 6.46. The predicted octanol–water partition coefficient (Wildman–Crippen LogP) is 3.73. The van der Waals surface area contributed by atoms with Crippen LogP contribution < -0.4 is 0 Å². The Bertz CT molecular complexity index is 743. The first kappa shape index (κ1) is 11.8. The number of carboxylic acids is 1. The van der Waals surface area contributed by atoms with Crippen LogP contribution in [0.3, 0.4) is 0 Å². The second-order valence-corrected chi connectivity index (χ2v) is 4.76. The Hall–Kier alpha value is -2.29. The summed E-state index contributed by atoms with van der Waals surface area (Å²) in [5.74, 6) is -0.733. The van der Waals surface area contributed by atoms with Gasteiger partial charge in [0, 0.05) is 28.2 Å². The van der Waals surface area contributed by atoms with E-state index in [0.717, 1.165) is 17.5 Å². The Morgan fingerprint density at radius 3 is 2.68 bits per heavy atom. The minimum absolute atomic E-state index is 0.219. The van der Waals surface area contributed by atoms with Gasteiger partial charge in [-0.15, -0.1) is 0 Å². The van der Waals surface area contributed by atoms with Gasteiger partial charge in [0.15, 0.2) is 0 Å². The molecule has 0 bridgehead atoms. The van der Waals surface area contributed by atoms with Crippen molar-refractivity contribution >= 4 is 27.8 Å². The summed E-state index contributed by atoms with van der Waals surface area (Å²) in [5, 5.41) is 11.1. The minimum atomic E-state index is -0.733. The Balaban J connectivity index is 2.03. The van der Waals surface area contributed by atoms with Crippen LogP contribution in [0.25, 0.3) is 21.8 Å². The van der Waals surface area contributed by atoms with Crippen LogP contribution in [0.1, 0.15) is 18.4 Å². The van der Waals surface area contributed by atoms with Gasteiger partial charge in [0.2, 0.25) is 0 Å². The maximum Gasteiger partial charge on any atom is 0.303 e. The molecule has 0 unspecified atom stereocenters. The van der Waals surface area contributed by atoms with E-state index in [4.69, 9.17) is 5.11 Å². The van der Waals surface area contributed by atoms with E-state index in [1.807, 2.05) is 18.2 Å². The number of aryl methyl sites for hydroxylation is 1. The summed E-state index contributed by atoms with van der Waals surface area (Å²) in [4.78, 5) is 14.0. The number of aliphatic carboxylic acids is 1. The van der Waals surface area contributed by atoms with Crippen LogP contribution in [-0.2, 0) is 11.2 Å². The third-order valence-electron chi connectivity index (χ3n) is 3.46. The number of aromatic amines is 1. The van der Waals surface area contributed by atoms with Crippen LogP contribution in [0.2, 0.25) is 0 Å². The average Bonchev–Trinajstić information content (AvgIpc) is 2.78. The van der Waals surface area contributed by atoms with E-state index in [1.165, 1.54) is 16.3 Å². The Kier molecular flexibility index (Phi) is 2.95. The Morgan fingerprint density at radius 1 is 1.05 bits per heavy atom. The predicted molar refractivity (Wildman–Crippen MR) is 76.4 cm³/mol. The summed E-state index contributed by atoms with van der Waals surface area (Å²) < 4.78 is 0. The fourth-order valence-electron chi connectivity index (χ4n) is 2.57. The number of carbonyl (C=O) groups is 1. The molecule has 0 aliphatic heterocycles. The van der Waals surface area contributed by atoms with Gasteiger partial charge in [-0.25, -0.2) is 0 Å². The Morgan fingerprint density at radius 2 is 1.84 bits per heavy atom. The van der Waals surface area contributed by atoms with Crippen molar-refractivity contribution in [3.05, 3.63) is 48.0 Å². The van der Waals surface area contributed by atoms with Crippen LogP contribution >= 0.6 is 0 Å². The normalized spacial score (nSPS) is 11.2. The van der Waals surface area contributed by atoms with Crippen molar-refractivity contribution in [3.8, 4) is 0 Å². The lowest BCUT2D eigenvalue weighted by molar-refractivity contribution is -0.137. The molecule has 0 radical (unpaired) electrons. The molecule has 2 aromatic carbocycles. The van der Waals surface area contributed by atoms with E-state index in [9.17, 15) is 4.79 Å². The standard InChI is InChI=1S/C16H15NO2/c18-15(19)10-4-6-11-5-3-8-13-12-7-1-2-9-14(12)17-16(11)13/h1-3,5,7-9,17H,4,6,10H2,(H,18,19). The van der Waals surface area contributed by atoms with E-state index in [2.05, 4.69) is 29.2 Å². The number of hydrogen-bond donors (Lipinski definition) is 2. The van der Waals surface area contributed by atoms with E-state index in [1.54, 1.807) is 0 Å². The molecule has 3 aromatic rings. The summed E-state index contributed by atoms with van der Waals surface area (Å²) in [5.41, 5.74) is 3.45. The fraction of sp³-hybridized carbons (Fsp3) is 0.188. The summed E-state index contributed by atoms with van der Waals surface area (Å²) >= 11 is 0. The molecule has 3 heteroatoms. The van der Waals surface area contributed by atoms with Gasteiger partial charge in [0.25, 0.3) is 0 Å². The molecule has 0 saturated carbocycles. The van der Waals surface area contributed by atoms with Crippen molar-refractivity contribution in [2.45, 2.75) is 19.3 Å². The minimum Gasteiger partial charge on any atom is -0.481 e. The molecule has 3 rings (SSSR count). The number of nitrogens with one attached hydrogen (secondary N) is 1. The Labute approximate surface area is 110 Å². The van der Waals surface area contributed by atoms with Crippen molar-refractivity contribution in [2.24, 2.45) is 0 Å². The van der Waals surface area contributed by atoms with Crippen LogP contribution in [-0.4, -0.2) is 16.1 Å². The smallest absolute Gasteiger partial charge is 0.303 e. The number of fused-ring (bicyclic) bond motifs is 3. The zero-order valence-electron chi connectivity index (χ0n) is 10.5. The van der Waals surface area contributed by atoms with Crippen molar-refractivity contribution in [1.82, 2.24) is 4.98 Å². The van der Waals surface area contributed by atoms with Crippen LogP contribution in [0.4, 0.5) is 0 Å². The van der Waals surface area contributed by atoms with Gasteiger partial charge >= 0.3 is 5.97 Å². The fourth-order valence-corrected chi connectivity index (χ4v) is 2.57. The van der Waals surface area contributed by atoms with Crippen LogP contribution in [0, 0.1) is 0 Å². The molecule has 19 heavy (non-hydrogen) atoms. The van der Waals surface area contributed by atoms with Crippen molar-refractivity contribution in [2.75, 3.05) is 0 Å². The molecule has 3 nitrogen and oxygen atoms in total. The lowest BCUT2D eigenvalue weighted by Gasteiger charge is -2.02. The van der Waals surface area contributed by atoms with Gasteiger partial charge in [-0.05, 0) is 24.5 Å². The molecule has 2 N–H and O–H groups in total. The van der Waals surface area contributed by atoms with Crippen LogP contribution in [0.5, 0.6) is 0 Å². The zero-order valence-corrected chi connectivity index (χ0v) is 10.5. The maximum absolute atomic E-state index is 10.6. The number of para-hydroxylation sites is 2. The highest BCUT2D eigenvalue weighted by Crippen LogP contribution is 2.28. The van der Waals surface area contributed by atoms with E-state index >= 15 is 0 Å². The third kappa shape index (κ3) is 2.19. The monoisotopic (exact) mass is 253 g/mol. The SMILES string of the molecule is O=C(O)CCCc1cccc2c1[nH]c1ccccc12. The van der Waals surface area contributed by atoms with Crippen molar-refractivity contribution in [3.63, 3.8) is 0 Å². The number of aromatic nitrogens is 1. The molecule has 0 aliphatic carbocycles. The molecular formula is C16H15NO2. The number of carboxylic acid groups (broad SMARTS) is 1. The molecule has 1 heterocycles. The highest BCUT2D eigenvalue weighted by molar-refractivity contribution is 6.08. The summed E-state index contributed by atoms with van der Waals surface area (Å²) in [6, 6.07) is 14.4. The molecule has 96 valence electrons. The van der Waals surface area contributed by atoms with Gasteiger partial charge in [-0.1, -0.05) is 36.4 Å². The van der Waals surface area contributed by atoms with E-state index < -0.39 is 5.97 Å². The highest BCUT2D eigenvalue weighted by Gasteiger charge is 2.07. The first-order valence-corrected chi connectivity index (χ1v) is 6.46. The maximum atomic E-state index is 10.6. The summed E-state index contributed by atoms with van der Waals surface area (Å²) in [6.45, 7) is 0. The summed E-state index contributed by atoms with van der Waals surface area (Å²) in [6.07, 6.45) is 1.68. The molecular weight excluding hydrogens is 238 g/mol. The first-order chi connectivity index (χ1) is 9.25. The molecule has 0 saturated heterocycles. The van der Waals surface area contributed by atoms with Gasteiger partial charge in [-0.2, -0.15) is 0 Å².